The fourth-order valence-electron chi connectivity index (χ4n) is 2.55. The van der Waals surface area contributed by atoms with Crippen LogP contribution in [0.2, 0.25) is 0 Å². The molecule has 0 radical (unpaired) electrons. The Balaban J connectivity index is 2.98. The normalized spacial score (nSPS) is 12.6. The molecule has 0 aliphatic rings. The first kappa shape index (κ1) is 22.1. The number of hydrogen-bond acceptors (Lipinski definition) is 2. The highest BCUT2D eigenvalue weighted by Gasteiger charge is 1.97. The van der Waals surface area contributed by atoms with Crippen LogP contribution >= 0.6 is 0 Å². The Morgan fingerprint density at radius 2 is 1.09 bits per heavy atom. The number of unbranched alkanes of at least 4 members (excludes halogenated alkanes) is 11. The van der Waals surface area contributed by atoms with Gasteiger partial charge in [-0.15, -0.1) is 0 Å². The van der Waals surface area contributed by atoms with Gasteiger partial charge < -0.3 is 4.74 Å². The fourth-order valence-corrected chi connectivity index (χ4v) is 3.37. The molecule has 2 nitrogen and oxygen atoms in total. The third-order valence-electron chi connectivity index (χ3n) is 4.12. The quantitative estimate of drug-likeness (QED) is 0.294. The zero-order valence-electron chi connectivity index (χ0n) is 15.2. The predicted octanol–water partition coefficient (Wildman–Crippen LogP) is 5.86. The van der Waals surface area contributed by atoms with Crippen molar-refractivity contribution in [3.05, 3.63) is 0 Å². The molecular weight excluding hydrogens is 292 g/mol. The van der Waals surface area contributed by atoms with Crippen molar-refractivity contribution in [2.24, 2.45) is 0 Å². The van der Waals surface area contributed by atoms with E-state index in [0.29, 0.717) is 0 Å². The van der Waals surface area contributed by atoms with Gasteiger partial charge in [0.15, 0.2) is 0 Å². The molecule has 0 aliphatic heterocycles. The predicted molar refractivity (Wildman–Crippen MR) is 100 cm³/mol. The molecule has 22 heavy (non-hydrogen) atoms. The summed E-state index contributed by atoms with van der Waals surface area (Å²) in [5.41, 5.74) is 0. The van der Waals surface area contributed by atoms with Crippen molar-refractivity contribution in [2.75, 3.05) is 24.7 Å². The van der Waals surface area contributed by atoms with Crippen molar-refractivity contribution in [1.82, 2.24) is 0 Å². The molecule has 0 aromatic heterocycles. The minimum Gasteiger partial charge on any atom is -0.381 e. The van der Waals surface area contributed by atoms with E-state index >= 15 is 0 Å². The van der Waals surface area contributed by atoms with E-state index in [1.807, 2.05) is 6.92 Å². The van der Waals surface area contributed by atoms with Gasteiger partial charge in [-0.2, -0.15) is 0 Å². The smallest absolute Gasteiger partial charge is 0.0466 e. The van der Waals surface area contributed by atoms with Gasteiger partial charge in [0.25, 0.3) is 0 Å². The van der Waals surface area contributed by atoms with Gasteiger partial charge in [-0.25, -0.2) is 0 Å². The molecule has 0 fully saturated rings. The van der Waals surface area contributed by atoms with E-state index < -0.39 is 10.8 Å². The molecule has 0 aliphatic carbocycles. The van der Waals surface area contributed by atoms with E-state index in [9.17, 15) is 4.21 Å². The topological polar surface area (TPSA) is 26.3 Å². The highest BCUT2D eigenvalue weighted by molar-refractivity contribution is 7.84. The molecule has 3 heteroatoms. The van der Waals surface area contributed by atoms with Gasteiger partial charge in [-0.3, -0.25) is 4.21 Å². The van der Waals surface area contributed by atoms with Crippen LogP contribution in [0.15, 0.2) is 0 Å². The van der Waals surface area contributed by atoms with E-state index in [0.717, 1.165) is 31.1 Å². The second-order valence-electron chi connectivity index (χ2n) is 6.29. The Morgan fingerprint density at radius 3 is 1.59 bits per heavy atom. The molecular formula is C19H40O2S. The first-order valence-corrected chi connectivity index (χ1v) is 11.2. The van der Waals surface area contributed by atoms with Crippen molar-refractivity contribution in [3.8, 4) is 0 Å². The molecule has 1 unspecified atom stereocenters. The third-order valence-corrected chi connectivity index (χ3v) is 5.51. The lowest BCUT2D eigenvalue weighted by atomic mass is 10.1. The molecule has 134 valence electrons. The van der Waals surface area contributed by atoms with Gasteiger partial charge in [0.1, 0.15) is 0 Å². The number of rotatable bonds is 18. The second kappa shape index (κ2) is 19.2. The van der Waals surface area contributed by atoms with E-state index in [4.69, 9.17) is 4.74 Å². The standard InChI is InChI=1S/C19H40O2S/c1-3-5-17-21-18-15-13-11-9-7-6-8-10-12-14-16-19-22(20)4-2/h3-19H2,1-2H3. The van der Waals surface area contributed by atoms with Crippen molar-refractivity contribution in [2.45, 2.75) is 97.3 Å². The summed E-state index contributed by atoms with van der Waals surface area (Å²) in [6, 6.07) is 0. The first-order chi connectivity index (χ1) is 10.8. The maximum absolute atomic E-state index is 11.3. The summed E-state index contributed by atoms with van der Waals surface area (Å²) in [6.45, 7) is 6.13. The molecule has 1 atom stereocenters. The third kappa shape index (κ3) is 18.2. The largest absolute Gasteiger partial charge is 0.381 e. The minimum atomic E-state index is -0.553. The van der Waals surface area contributed by atoms with Crippen LogP contribution in [0.3, 0.4) is 0 Å². The van der Waals surface area contributed by atoms with Crippen LogP contribution < -0.4 is 0 Å². The summed E-state index contributed by atoms with van der Waals surface area (Å²) >= 11 is 0. The second-order valence-corrected chi connectivity index (χ2v) is 8.15. The van der Waals surface area contributed by atoms with E-state index in [1.165, 1.54) is 77.0 Å². The van der Waals surface area contributed by atoms with Crippen LogP contribution in [-0.2, 0) is 15.5 Å². The van der Waals surface area contributed by atoms with Gasteiger partial charge >= 0.3 is 0 Å². The summed E-state index contributed by atoms with van der Waals surface area (Å²) < 4.78 is 16.8. The molecule has 0 heterocycles. The summed E-state index contributed by atoms with van der Waals surface area (Å²) in [7, 11) is -0.553. The first-order valence-electron chi connectivity index (χ1n) is 9.74. The van der Waals surface area contributed by atoms with E-state index in [2.05, 4.69) is 6.92 Å². The Morgan fingerprint density at radius 1 is 0.636 bits per heavy atom. The number of hydrogen-bond donors (Lipinski definition) is 0. The van der Waals surface area contributed by atoms with Gasteiger partial charge in [0.2, 0.25) is 0 Å². The van der Waals surface area contributed by atoms with Gasteiger partial charge in [0, 0.05) is 35.5 Å². The molecule has 0 spiro atoms. The van der Waals surface area contributed by atoms with Crippen LogP contribution in [0.4, 0.5) is 0 Å². The highest BCUT2D eigenvalue weighted by Crippen LogP contribution is 2.11. The maximum atomic E-state index is 11.3. The average Bonchev–Trinajstić information content (AvgIpc) is 2.54. The minimum absolute atomic E-state index is 0.553. The summed E-state index contributed by atoms with van der Waals surface area (Å²) in [5, 5.41) is 0. The SMILES string of the molecule is CCCCOCCCCCCCCCCCCCS(=O)CC. The van der Waals surface area contributed by atoms with Crippen molar-refractivity contribution in [1.29, 1.82) is 0 Å². The van der Waals surface area contributed by atoms with Crippen molar-refractivity contribution >= 4 is 10.8 Å². The summed E-state index contributed by atoms with van der Waals surface area (Å²) in [5.74, 6) is 1.74. The van der Waals surface area contributed by atoms with Crippen molar-refractivity contribution in [3.63, 3.8) is 0 Å². The molecule has 0 saturated heterocycles. The Hall–Kier alpha value is 0.110. The van der Waals surface area contributed by atoms with Crippen LogP contribution in [0.1, 0.15) is 97.3 Å². The molecule has 0 bridgehead atoms. The lowest BCUT2D eigenvalue weighted by Crippen LogP contribution is -1.99. The highest BCUT2D eigenvalue weighted by atomic mass is 32.2. The average molecular weight is 333 g/mol. The molecule has 0 rings (SSSR count). The van der Waals surface area contributed by atoms with Crippen molar-refractivity contribution < 1.29 is 8.95 Å². The van der Waals surface area contributed by atoms with Crippen LogP contribution in [0.25, 0.3) is 0 Å². The van der Waals surface area contributed by atoms with Gasteiger partial charge in [-0.05, 0) is 19.3 Å². The van der Waals surface area contributed by atoms with E-state index in [1.54, 1.807) is 0 Å². The number of ether oxygens (including phenoxy) is 1. The zero-order chi connectivity index (χ0) is 16.3. The Labute approximate surface area is 142 Å². The molecule has 0 saturated carbocycles. The Kier molecular flexibility index (Phi) is 19.3. The lowest BCUT2D eigenvalue weighted by Gasteiger charge is -2.04. The van der Waals surface area contributed by atoms with Crippen LogP contribution in [0, 0.1) is 0 Å². The van der Waals surface area contributed by atoms with Crippen LogP contribution in [0.5, 0.6) is 0 Å². The molecule has 0 amide bonds. The molecule has 0 aromatic carbocycles. The maximum Gasteiger partial charge on any atom is 0.0466 e. The lowest BCUT2D eigenvalue weighted by molar-refractivity contribution is 0.127. The summed E-state index contributed by atoms with van der Waals surface area (Å²) in [6.07, 6.45) is 17.1. The van der Waals surface area contributed by atoms with Gasteiger partial charge in [0.05, 0.1) is 0 Å². The summed E-state index contributed by atoms with van der Waals surface area (Å²) in [4.78, 5) is 0. The van der Waals surface area contributed by atoms with E-state index in [-0.39, 0.29) is 0 Å². The molecule has 0 N–H and O–H groups in total. The van der Waals surface area contributed by atoms with Crippen LogP contribution in [-0.4, -0.2) is 28.9 Å². The Bertz CT molecular complexity index is 231. The monoisotopic (exact) mass is 332 g/mol. The van der Waals surface area contributed by atoms with Gasteiger partial charge in [-0.1, -0.05) is 78.1 Å². The fraction of sp³-hybridized carbons (Fsp3) is 1.00. The zero-order valence-corrected chi connectivity index (χ0v) is 16.1. The molecule has 0 aromatic rings.